The Morgan fingerprint density at radius 3 is 2.80 bits per heavy atom. The topological polar surface area (TPSA) is 74.5 Å². The highest BCUT2D eigenvalue weighted by Crippen LogP contribution is 2.31. The van der Waals surface area contributed by atoms with Gasteiger partial charge in [0.1, 0.15) is 11.3 Å². The molecule has 5 nitrogen and oxygen atoms in total. The third-order valence-corrected chi connectivity index (χ3v) is 4.84. The smallest absolute Gasteiger partial charge is 0.315 e. The van der Waals surface area contributed by atoms with Crippen molar-refractivity contribution in [2.75, 3.05) is 0 Å². The molecule has 1 aliphatic rings. The zero-order valence-corrected chi connectivity index (χ0v) is 14.0. The van der Waals surface area contributed by atoms with Crippen molar-refractivity contribution in [1.82, 2.24) is 10.6 Å². The number of aliphatic hydroxyl groups is 1. The summed E-state index contributed by atoms with van der Waals surface area (Å²) in [4.78, 5) is 12.3. The number of para-hydroxylation sites is 1. The summed E-state index contributed by atoms with van der Waals surface area (Å²) in [7, 11) is 0. The highest BCUT2D eigenvalue weighted by Gasteiger charge is 2.31. The normalized spacial score (nSPS) is 19.0. The average molecular weight is 336 g/mol. The largest absolute Gasteiger partial charge is 0.459 e. The van der Waals surface area contributed by atoms with E-state index in [-0.39, 0.29) is 12.1 Å². The van der Waals surface area contributed by atoms with Gasteiger partial charge in [-0.1, -0.05) is 42.5 Å². The predicted molar refractivity (Wildman–Crippen MR) is 95.2 cm³/mol. The van der Waals surface area contributed by atoms with Gasteiger partial charge in [-0.05, 0) is 24.1 Å². The SMILES string of the molecule is Cc1c(CNC(=O)NC2c3ccccc3CC2O)oc2ccccc12. The van der Waals surface area contributed by atoms with Crippen LogP contribution in [0.15, 0.2) is 52.9 Å². The second-order valence-electron chi connectivity index (χ2n) is 6.42. The van der Waals surface area contributed by atoms with Crippen molar-refractivity contribution in [2.24, 2.45) is 0 Å². The van der Waals surface area contributed by atoms with Crippen LogP contribution in [0.3, 0.4) is 0 Å². The maximum absolute atomic E-state index is 12.3. The molecule has 0 radical (unpaired) electrons. The Labute approximate surface area is 145 Å². The Kier molecular flexibility index (Phi) is 3.93. The molecule has 0 saturated heterocycles. The Balaban J connectivity index is 1.43. The Bertz CT molecular complexity index is 932. The first-order valence-electron chi connectivity index (χ1n) is 8.40. The first-order chi connectivity index (χ1) is 12.1. The molecule has 2 amide bonds. The quantitative estimate of drug-likeness (QED) is 0.687. The van der Waals surface area contributed by atoms with Crippen LogP contribution < -0.4 is 10.6 Å². The minimum Gasteiger partial charge on any atom is -0.459 e. The molecule has 128 valence electrons. The molecule has 0 bridgehead atoms. The molecular weight excluding hydrogens is 316 g/mol. The van der Waals surface area contributed by atoms with Gasteiger partial charge >= 0.3 is 6.03 Å². The van der Waals surface area contributed by atoms with E-state index in [1.165, 1.54) is 0 Å². The van der Waals surface area contributed by atoms with Crippen molar-refractivity contribution in [3.8, 4) is 0 Å². The van der Waals surface area contributed by atoms with E-state index in [4.69, 9.17) is 4.42 Å². The molecule has 3 aromatic rings. The number of urea groups is 1. The lowest BCUT2D eigenvalue weighted by atomic mass is 10.1. The van der Waals surface area contributed by atoms with Gasteiger partial charge in [0, 0.05) is 17.4 Å². The number of hydrogen-bond donors (Lipinski definition) is 3. The zero-order valence-electron chi connectivity index (χ0n) is 14.0. The molecular formula is C20H20N2O3. The maximum Gasteiger partial charge on any atom is 0.315 e. The third kappa shape index (κ3) is 2.87. The van der Waals surface area contributed by atoms with Gasteiger partial charge in [0.05, 0.1) is 18.7 Å². The van der Waals surface area contributed by atoms with E-state index < -0.39 is 6.10 Å². The first-order valence-corrected chi connectivity index (χ1v) is 8.40. The number of aryl methyl sites for hydroxylation is 1. The number of rotatable bonds is 3. The number of nitrogens with one attached hydrogen (secondary N) is 2. The van der Waals surface area contributed by atoms with Crippen LogP contribution in [0.2, 0.25) is 0 Å². The predicted octanol–water partition coefficient (Wildman–Crippen LogP) is 3.20. The monoisotopic (exact) mass is 336 g/mol. The molecule has 0 aliphatic heterocycles. The summed E-state index contributed by atoms with van der Waals surface area (Å²) < 4.78 is 5.80. The van der Waals surface area contributed by atoms with Gasteiger partial charge in [-0.3, -0.25) is 0 Å². The molecule has 25 heavy (non-hydrogen) atoms. The van der Waals surface area contributed by atoms with Crippen LogP contribution >= 0.6 is 0 Å². The number of aliphatic hydroxyl groups excluding tert-OH is 1. The van der Waals surface area contributed by atoms with Crippen LogP contribution in [-0.4, -0.2) is 17.2 Å². The summed E-state index contributed by atoms with van der Waals surface area (Å²) in [5, 5.41) is 17.0. The summed E-state index contributed by atoms with van der Waals surface area (Å²) in [6.45, 7) is 2.29. The first kappa shape index (κ1) is 15.7. The lowest BCUT2D eigenvalue weighted by Crippen LogP contribution is -2.40. The standard InChI is InChI=1S/C20H20N2O3/c1-12-14-7-4-5-9-17(14)25-18(12)11-21-20(24)22-19-15-8-3-2-6-13(15)10-16(19)23/h2-9,16,19,23H,10-11H2,1H3,(H2,21,22,24). The number of hydrogen-bond acceptors (Lipinski definition) is 3. The lowest BCUT2D eigenvalue weighted by Gasteiger charge is -2.18. The summed E-state index contributed by atoms with van der Waals surface area (Å²) in [6.07, 6.45) is -0.0415. The fourth-order valence-corrected chi connectivity index (χ4v) is 3.49. The second-order valence-corrected chi connectivity index (χ2v) is 6.42. The van der Waals surface area contributed by atoms with Crippen LogP contribution in [0.5, 0.6) is 0 Å². The van der Waals surface area contributed by atoms with Crippen molar-refractivity contribution in [3.05, 3.63) is 71.0 Å². The second kappa shape index (κ2) is 6.26. The zero-order chi connectivity index (χ0) is 17.4. The van der Waals surface area contributed by atoms with Crippen LogP contribution in [0.1, 0.15) is 28.5 Å². The number of fused-ring (bicyclic) bond motifs is 2. The number of carbonyl (C=O) groups is 1. The molecule has 0 spiro atoms. The van der Waals surface area contributed by atoms with E-state index in [0.29, 0.717) is 13.0 Å². The van der Waals surface area contributed by atoms with Crippen LogP contribution in [0.4, 0.5) is 4.79 Å². The minimum absolute atomic E-state index is 0.302. The lowest BCUT2D eigenvalue weighted by molar-refractivity contribution is 0.142. The summed E-state index contributed by atoms with van der Waals surface area (Å²) >= 11 is 0. The Morgan fingerprint density at radius 2 is 1.96 bits per heavy atom. The van der Waals surface area contributed by atoms with E-state index in [1.54, 1.807) is 0 Å². The molecule has 1 heterocycles. The molecule has 2 aromatic carbocycles. The fourth-order valence-electron chi connectivity index (χ4n) is 3.49. The van der Waals surface area contributed by atoms with Crippen molar-refractivity contribution in [3.63, 3.8) is 0 Å². The van der Waals surface area contributed by atoms with E-state index >= 15 is 0 Å². The van der Waals surface area contributed by atoms with E-state index in [2.05, 4.69) is 10.6 Å². The van der Waals surface area contributed by atoms with E-state index in [0.717, 1.165) is 33.4 Å². The molecule has 2 unspecified atom stereocenters. The van der Waals surface area contributed by atoms with E-state index in [1.807, 2.05) is 55.5 Å². The summed E-state index contributed by atoms with van der Waals surface area (Å²) in [5.41, 5.74) is 3.90. The summed E-state index contributed by atoms with van der Waals surface area (Å²) in [6, 6.07) is 14.9. The van der Waals surface area contributed by atoms with E-state index in [9.17, 15) is 9.90 Å². The van der Waals surface area contributed by atoms with Crippen molar-refractivity contribution in [2.45, 2.75) is 32.0 Å². The minimum atomic E-state index is -0.601. The Morgan fingerprint density at radius 1 is 1.20 bits per heavy atom. The summed E-state index contributed by atoms with van der Waals surface area (Å²) in [5.74, 6) is 0.740. The molecule has 1 aromatic heterocycles. The van der Waals surface area contributed by atoms with Gasteiger partial charge < -0.3 is 20.2 Å². The van der Waals surface area contributed by atoms with Crippen LogP contribution in [0, 0.1) is 6.92 Å². The van der Waals surface area contributed by atoms with Gasteiger partial charge in [-0.2, -0.15) is 0 Å². The molecule has 0 fully saturated rings. The molecule has 4 rings (SSSR count). The highest BCUT2D eigenvalue weighted by atomic mass is 16.3. The highest BCUT2D eigenvalue weighted by molar-refractivity contribution is 5.82. The van der Waals surface area contributed by atoms with Crippen molar-refractivity contribution < 1.29 is 14.3 Å². The van der Waals surface area contributed by atoms with Crippen molar-refractivity contribution in [1.29, 1.82) is 0 Å². The van der Waals surface area contributed by atoms with Gasteiger partial charge in [-0.25, -0.2) is 4.79 Å². The Hall–Kier alpha value is -2.79. The van der Waals surface area contributed by atoms with Gasteiger partial charge in [-0.15, -0.1) is 0 Å². The van der Waals surface area contributed by atoms with Gasteiger partial charge in [0.2, 0.25) is 0 Å². The number of carbonyl (C=O) groups excluding carboxylic acids is 1. The third-order valence-electron chi connectivity index (χ3n) is 4.84. The van der Waals surface area contributed by atoms with Gasteiger partial charge in [0.25, 0.3) is 0 Å². The fraction of sp³-hybridized carbons (Fsp3) is 0.250. The molecule has 2 atom stereocenters. The molecule has 5 heteroatoms. The van der Waals surface area contributed by atoms with Crippen LogP contribution in [-0.2, 0) is 13.0 Å². The molecule has 1 aliphatic carbocycles. The van der Waals surface area contributed by atoms with Crippen LogP contribution in [0.25, 0.3) is 11.0 Å². The average Bonchev–Trinajstić information content (AvgIpc) is 3.11. The number of benzene rings is 2. The number of amides is 2. The van der Waals surface area contributed by atoms with Gasteiger partial charge in [0.15, 0.2) is 0 Å². The maximum atomic E-state index is 12.3. The number of furan rings is 1. The molecule has 0 saturated carbocycles. The molecule has 3 N–H and O–H groups in total. The van der Waals surface area contributed by atoms with Crippen molar-refractivity contribution >= 4 is 17.0 Å².